The van der Waals surface area contributed by atoms with Crippen molar-refractivity contribution < 1.29 is 9.66 Å². The van der Waals surface area contributed by atoms with E-state index in [1.54, 1.807) is 18.2 Å². The van der Waals surface area contributed by atoms with Crippen molar-refractivity contribution in [2.75, 3.05) is 13.0 Å². The Hall–Kier alpha value is -0.940. The fraction of sp³-hybridized carbons (Fsp3) is 0.455. The summed E-state index contributed by atoms with van der Waals surface area (Å²) in [5.41, 5.74) is 0.0291. The zero-order valence-electron chi connectivity index (χ0n) is 9.68. The average molecular weight is 276 g/mol. The van der Waals surface area contributed by atoms with Crippen LogP contribution in [-0.4, -0.2) is 23.2 Å². The number of thioether (sulfide) groups is 1. The summed E-state index contributed by atoms with van der Waals surface area (Å²) in [4.78, 5) is 11.2. The quantitative estimate of drug-likeness (QED) is 0.344. The van der Waals surface area contributed by atoms with Gasteiger partial charge >= 0.3 is 5.69 Å². The van der Waals surface area contributed by atoms with Crippen LogP contribution < -0.4 is 4.74 Å². The highest BCUT2D eigenvalue weighted by Gasteiger charge is 2.21. The molecule has 0 aliphatic heterocycles. The zero-order valence-corrected chi connectivity index (χ0v) is 11.3. The van der Waals surface area contributed by atoms with E-state index in [1.165, 1.54) is 18.9 Å². The first-order valence-corrected chi connectivity index (χ1v) is 6.55. The molecule has 1 atom stereocenters. The van der Waals surface area contributed by atoms with Crippen LogP contribution in [0, 0.1) is 10.1 Å². The molecule has 0 radical (unpaired) electrons. The van der Waals surface area contributed by atoms with Gasteiger partial charge in [0.1, 0.15) is 0 Å². The van der Waals surface area contributed by atoms with Crippen LogP contribution in [0.15, 0.2) is 23.1 Å². The van der Waals surface area contributed by atoms with Crippen molar-refractivity contribution in [2.24, 2.45) is 0 Å². The molecular weight excluding hydrogens is 262 g/mol. The first-order valence-electron chi connectivity index (χ1n) is 5.14. The maximum atomic E-state index is 11.0. The van der Waals surface area contributed by atoms with Gasteiger partial charge in [-0.2, -0.15) is 0 Å². The first-order chi connectivity index (χ1) is 8.10. The summed E-state index contributed by atoms with van der Waals surface area (Å²) in [5, 5.41) is 11.3. The van der Waals surface area contributed by atoms with Crippen LogP contribution in [-0.2, 0) is 0 Å². The molecule has 0 saturated carbocycles. The molecule has 1 aromatic carbocycles. The Morgan fingerprint density at radius 2 is 2.29 bits per heavy atom. The topological polar surface area (TPSA) is 52.4 Å². The molecule has 94 valence electrons. The smallest absolute Gasteiger partial charge is 0.324 e. The number of ether oxygens (including phenoxy) is 1. The number of nitrogens with zero attached hydrogens (tertiary/aromatic N) is 1. The number of hydrogen-bond acceptors (Lipinski definition) is 4. The van der Waals surface area contributed by atoms with Gasteiger partial charge in [-0.1, -0.05) is 13.0 Å². The Bertz CT molecular complexity index is 400. The Morgan fingerprint density at radius 1 is 1.59 bits per heavy atom. The maximum Gasteiger partial charge on any atom is 0.324 e. The highest BCUT2D eigenvalue weighted by atomic mass is 35.5. The lowest BCUT2D eigenvalue weighted by Crippen LogP contribution is -2.00. The van der Waals surface area contributed by atoms with Gasteiger partial charge in [0.25, 0.3) is 0 Å². The highest BCUT2D eigenvalue weighted by molar-refractivity contribution is 8.00. The third kappa shape index (κ3) is 3.78. The van der Waals surface area contributed by atoms with E-state index in [4.69, 9.17) is 16.3 Å². The van der Waals surface area contributed by atoms with E-state index in [0.29, 0.717) is 10.8 Å². The lowest BCUT2D eigenvalue weighted by molar-refractivity contribution is -0.388. The fourth-order valence-corrected chi connectivity index (χ4v) is 2.94. The SMILES string of the molecule is COc1cccc(SC(C)CCCl)c1[N+](=O)[O-]. The number of rotatable bonds is 6. The number of halogens is 1. The minimum atomic E-state index is -0.408. The van der Waals surface area contributed by atoms with Crippen molar-refractivity contribution in [3.8, 4) is 5.75 Å². The largest absolute Gasteiger partial charge is 0.490 e. The van der Waals surface area contributed by atoms with Crippen molar-refractivity contribution in [1.82, 2.24) is 0 Å². The highest BCUT2D eigenvalue weighted by Crippen LogP contribution is 2.39. The molecule has 0 N–H and O–H groups in total. The molecule has 17 heavy (non-hydrogen) atoms. The second-order valence-electron chi connectivity index (χ2n) is 3.47. The maximum absolute atomic E-state index is 11.0. The standard InChI is InChI=1S/C11H14ClNO3S/c1-8(6-7-12)17-10-5-3-4-9(16-2)11(10)13(14)15/h3-5,8H,6-7H2,1-2H3. The molecule has 4 nitrogen and oxygen atoms in total. The summed E-state index contributed by atoms with van der Waals surface area (Å²) in [5.74, 6) is 0.837. The molecule has 0 amide bonds. The number of hydrogen-bond donors (Lipinski definition) is 0. The van der Waals surface area contributed by atoms with Crippen molar-refractivity contribution in [3.05, 3.63) is 28.3 Å². The van der Waals surface area contributed by atoms with Crippen molar-refractivity contribution in [2.45, 2.75) is 23.5 Å². The normalized spacial score (nSPS) is 12.2. The monoisotopic (exact) mass is 275 g/mol. The van der Waals surface area contributed by atoms with Crippen LogP contribution in [0.25, 0.3) is 0 Å². The number of nitro groups is 1. The van der Waals surface area contributed by atoms with Gasteiger partial charge in [-0.05, 0) is 18.6 Å². The number of nitro benzene ring substituents is 1. The van der Waals surface area contributed by atoms with E-state index in [-0.39, 0.29) is 16.7 Å². The molecule has 0 aromatic heterocycles. The number of benzene rings is 1. The molecular formula is C11H14ClNO3S. The van der Waals surface area contributed by atoms with Gasteiger partial charge < -0.3 is 4.74 Å². The first kappa shape index (κ1) is 14.1. The van der Waals surface area contributed by atoms with Crippen LogP contribution >= 0.6 is 23.4 Å². The van der Waals surface area contributed by atoms with Gasteiger partial charge in [0.05, 0.1) is 16.9 Å². The van der Waals surface area contributed by atoms with Crippen LogP contribution in [0.2, 0.25) is 0 Å². The molecule has 6 heteroatoms. The third-order valence-electron chi connectivity index (χ3n) is 2.21. The van der Waals surface area contributed by atoms with E-state index in [0.717, 1.165) is 6.42 Å². The second-order valence-corrected chi connectivity index (χ2v) is 5.33. The van der Waals surface area contributed by atoms with Crippen LogP contribution in [0.4, 0.5) is 5.69 Å². The molecule has 0 bridgehead atoms. The summed E-state index contributed by atoms with van der Waals surface area (Å²) in [6.07, 6.45) is 0.806. The second kappa shape index (κ2) is 6.71. The summed E-state index contributed by atoms with van der Waals surface area (Å²) in [6.45, 7) is 2.00. The van der Waals surface area contributed by atoms with Gasteiger partial charge in [-0.25, -0.2) is 0 Å². The minimum Gasteiger partial charge on any atom is -0.490 e. The van der Waals surface area contributed by atoms with Crippen molar-refractivity contribution in [1.29, 1.82) is 0 Å². The van der Waals surface area contributed by atoms with Crippen LogP contribution in [0.1, 0.15) is 13.3 Å². The van der Waals surface area contributed by atoms with E-state index >= 15 is 0 Å². The number of methoxy groups -OCH3 is 1. The Balaban J connectivity index is 3.02. The van der Waals surface area contributed by atoms with Crippen molar-refractivity contribution >= 4 is 29.1 Å². The minimum absolute atomic E-state index is 0.0291. The Labute approximate surface area is 109 Å². The van der Waals surface area contributed by atoms with E-state index in [9.17, 15) is 10.1 Å². The Kier molecular flexibility index (Phi) is 5.58. The van der Waals surface area contributed by atoms with Crippen molar-refractivity contribution in [3.63, 3.8) is 0 Å². The lowest BCUT2D eigenvalue weighted by atomic mass is 10.3. The average Bonchev–Trinajstić information content (AvgIpc) is 2.28. The number of alkyl halides is 1. The third-order valence-corrected chi connectivity index (χ3v) is 3.65. The van der Waals surface area contributed by atoms with Gasteiger partial charge in [-0.3, -0.25) is 10.1 Å². The lowest BCUT2D eigenvalue weighted by Gasteiger charge is -2.10. The molecule has 1 unspecified atom stereocenters. The summed E-state index contributed by atoms with van der Waals surface area (Å²) in [7, 11) is 1.43. The molecule has 0 spiro atoms. The molecule has 0 saturated heterocycles. The molecule has 1 rings (SSSR count). The predicted molar refractivity (Wildman–Crippen MR) is 70.3 cm³/mol. The summed E-state index contributed by atoms with van der Waals surface area (Å²) >= 11 is 7.10. The summed E-state index contributed by atoms with van der Waals surface area (Å²) in [6, 6.07) is 5.08. The zero-order chi connectivity index (χ0) is 12.8. The Morgan fingerprint density at radius 3 is 2.82 bits per heavy atom. The fourth-order valence-electron chi connectivity index (χ4n) is 1.37. The van der Waals surface area contributed by atoms with Crippen LogP contribution in [0.5, 0.6) is 5.75 Å². The van der Waals surface area contributed by atoms with Crippen LogP contribution in [0.3, 0.4) is 0 Å². The van der Waals surface area contributed by atoms with Gasteiger partial charge in [0.2, 0.25) is 0 Å². The molecule has 0 aliphatic rings. The van der Waals surface area contributed by atoms with Gasteiger partial charge in [0.15, 0.2) is 5.75 Å². The molecule has 0 fully saturated rings. The van der Waals surface area contributed by atoms with E-state index in [1.807, 2.05) is 6.92 Å². The van der Waals surface area contributed by atoms with E-state index < -0.39 is 4.92 Å². The number of para-hydroxylation sites is 1. The summed E-state index contributed by atoms with van der Waals surface area (Å²) < 4.78 is 5.01. The predicted octanol–water partition coefficient (Wildman–Crippen LogP) is 3.71. The van der Waals surface area contributed by atoms with E-state index in [2.05, 4.69) is 0 Å². The van der Waals surface area contributed by atoms with Gasteiger partial charge in [-0.15, -0.1) is 23.4 Å². The van der Waals surface area contributed by atoms with Gasteiger partial charge in [0, 0.05) is 11.1 Å². The molecule has 0 aliphatic carbocycles. The molecule has 0 heterocycles. The molecule has 1 aromatic rings.